The lowest BCUT2D eigenvalue weighted by Crippen LogP contribution is -2.46. The second-order valence-electron chi connectivity index (χ2n) is 5.54. The summed E-state index contributed by atoms with van der Waals surface area (Å²) >= 11 is 0. The Kier molecular flexibility index (Phi) is 5.07. The lowest BCUT2D eigenvalue weighted by molar-refractivity contribution is -0.134. The molecule has 2 atom stereocenters. The molecule has 1 amide bonds. The van der Waals surface area contributed by atoms with E-state index in [1.165, 1.54) is 0 Å². The van der Waals surface area contributed by atoms with Crippen molar-refractivity contribution in [3.05, 3.63) is 23.8 Å². The fourth-order valence-electron chi connectivity index (χ4n) is 2.55. The molecule has 1 fully saturated rings. The van der Waals surface area contributed by atoms with Crippen LogP contribution in [0.3, 0.4) is 0 Å². The third kappa shape index (κ3) is 3.67. The van der Waals surface area contributed by atoms with Crippen LogP contribution in [0.15, 0.2) is 18.2 Å². The highest BCUT2D eigenvalue weighted by Gasteiger charge is 2.27. The molecule has 1 saturated heterocycles. The monoisotopic (exact) mass is 293 g/mol. The van der Waals surface area contributed by atoms with E-state index in [1.807, 2.05) is 19.1 Å². The highest BCUT2D eigenvalue weighted by atomic mass is 16.5. The van der Waals surface area contributed by atoms with Crippen molar-refractivity contribution in [2.75, 3.05) is 27.3 Å². The molecule has 2 rings (SSSR count). The Morgan fingerprint density at radius 2 is 2.05 bits per heavy atom. The summed E-state index contributed by atoms with van der Waals surface area (Å²) in [4.78, 5) is 14.1. The van der Waals surface area contributed by atoms with Gasteiger partial charge in [0.05, 0.1) is 26.7 Å². The van der Waals surface area contributed by atoms with E-state index in [4.69, 9.17) is 9.47 Å². The maximum atomic E-state index is 12.3. The standard InChI is InChI=1S/C16H23NO4/c1-11-6-7-17(10-13(11)18)16(19)9-12-4-5-14(20-2)15(8-12)21-3/h4-5,8,11,13,18H,6-7,9-10H2,1-3H3. The summed E-state index contributed by atoms with van der Waals surface area (Å²) in [6.07, 6.45) is 0.730. The van der Waals surface area contributed by atoms with Crippen LogP contribution in [0.2, 0.25) is 0 Å². The number of carbonyl (C=O) groups excluding carboxylic acids is 1. The normalized spacial score (nSPS) is 22.0. The third-order valence-corrected chi connectivity index (χ3v) is 4.07. The largest absolute Gasteiger partial charge is 0.493 e. The number of methoxy groups -OCH3 is 2. The fraction of sp³-hybridized carbons (Fsp3) is 0.562. The molecule has 1 N–H and O–H groups in total. The smallest absolute Gasteiger partial charge is 0.227 e. The molecule has 1 heterocycles. The lowest BCUT2D eigenvalue weighted by Gasteiger charge is -2.34. The number of aliphatic hydroxyl groups excluding tert-OH is 1. The van der Waals surface area contributed by atoms with E-state index in [9.17, 15) is 9.90 Å². The Labute approximate surface area is 125 Å². The predicted octanol–water partition coefficient (Wildman–Crippen LogP) is 1.48. The minimum atomic E-state index is -0.423. The number of ether oxygens (including phenoxy) is 2. The summed E-state index contributed by atoms with van der Waals surface area (Å²) in [5.41, 5.74) is 0.880. The molecule has 0 aliphatic carbocycles. The number of amides is 1. The van der Waals surface area contributed by atoms with E-state index in [0.717, 1.165) is 12.0 Å². The van der Waals surface area contributed by atoms with Crippen molar-refractivity contribution in [1.29, 1.82) is 0 Å². The summed E-state index contributed by atoms with van der Waals surface area (Å²) in [6.45, 7) is 3.15. The van der Waals surface area contributed by atoms with E-state index in [0.29, 0.717) is 31.0 Å². The number of hydrogen-bond donors (Lipinski definition) is 1. The molecule has 116 valence electrons. The highest BCUT2D eigenvalue weighted by Crippen LogP contribution is 2.28. The SMILES string of the molecule is COc1ccc(CC(=O)N2CCC(C)C(O)C2)cc1OC. The molecule has 5 nitrogen and oxygen atoms in total. The van der Waals surface area contributed by atoms with Crippen LogP contribution < -0.4 is 9.47 Å². The Morgan fingerprint density at radius 1 is 1.33 bits per heavy atom. The Balaban J connectivity index is 2.02. The Bertz CT molecular complexity index is 503. The van der Waals surface area contributed by atoms with Crippen LogP contribution in [0.5, 0.6) is 11.5 Å². The molecular formula is C16H23NO4. The minimum absolute atomic E-state index is 0.0353. The molecule has 0 bridgehead atoms. The zero-order valence-electron chi connectivity index (χ0n) is 12.8. The van der Waals surface area contributed by atoms with Gasteiger partial charge >= 0.3 is 0 Å². The van der Waals surface area contributed by atoms with E-state index in [2.05, 4.69) is 0 Å². The first kappa shape index (κ1) is 15.6. The molecule has 0 spiro atoms. The van der Waals surface area contributed by atoms with Crippen LogP contribution >= 0.6 is 0 Å². The average Bonchev–Trinajstić information content (AvgIpc) is 2.49. The van der Waals surface area contributed by atoms with Crippen LogP contribution in [0.25, 0.3) is 0 Å². The van der Waals surface area contributed by atoms with E-state index >= 15 is 0 Å². The molecule has 1 aromatic rings. The van der Waals surface area contributed by atoms with Gasteiger partial charge in [-0.2, -0.15) is 0 Å². The van der Waals surface area contributed by atoms with Crippen molar-refractivity contribution in [3.63, 3.8) is 0 Å². The van der Waals surface area contributed by atoms with Gasteiger partial charge in [-0.3, -0.25) is 4.79 Å². The second-order valence-corrected chi connectivity index (χ2v) is 5.54. The molecule has 0 saturated carbocycles. The van der Waals surface area contributed by atoms with Crippen LogP contribution in [-0.4, -0.2) is 49.3 Å². The zero-order chi connectivity index (χ0) is 15.4. The van der Waals surface area contributed by atoms with Crippen molar-refractivity contribution < 1.29 is 19.4 Å². The van der Waals surface area contributed by atoms with Crippen LogP contribution in [-0.2, 0) is 11.2 Å². The van der Waals surface area contributed by atoms with Crippen molar-refractivity contribution >= 4 is 5.91 Å². The first-order valence-electron chi connectivity index (χ1n) is 7.22. The molecule has 0 radical (unpaired) electrons. The molecule has 21 heavy (non-hydrogen) atoms. The van der Waals surface area contributed by atoms with E-state index in [1.54, 1.807) is 25.2 Å². The van der Waals surface area contributed by atoms with Gasteiger partial charge in [0.2, 0.25) is 5.91 Å². The molecular weight excluding hydrogens is 270 g/mol. The summed E-state index contributed by atoms with van der Waals surface area (Å²) in [5, 5.41) is 9.88. The zero-order valence-corrected chi connectivity index (χ0v) is 12.8. The topological polar surface area (TPSA) is 59.0 Å². The number of likely N-dealkylation sites (tertiary alicyclic amines) is 1. The van der Waals surface area contributed by atoms with E-state index < -0.39 is 6.10 Å². The quantitative estimate of drug-likeness (QED) is 0.913. The Hall–Kier alpha value is -1.75. The van der Waals surface area contributed by atoms with Crippen LogP contribution in [0, 0.1) is 5.92 Å². The van der Waals surface area contributed by atoms with Gasteiger partial charge in [-0.25, -0.2) is 0 Å². The third-order valence-electron chi connectivity index (χ3n) is 4.07. The summed E-state index contributed by atoms with van der Waals surface area (Å²) in [7, 11) is 3.16. The number of carbonyl (C=O) groups is 1. The predicted molar refractivity (Wildman–Crippen MR) is 79.6 cm³/mol. The summed E-state index contributed by atoms with van der Waals surface area (Å²) < 4.78 is 10.4. The van der Waals surface area contributed by atoms with Gasteiger partial charge in [0, 0.05) is 13.1 Å². The van der Waals surface area contributed by atoms with Crippen molar-refractivity contribution in [1.82, 2.24) is 4.90 Å². The number of aliphatic hydroxyl groups is 1. The molecule has 1 aromatic carbocycles. The fourth-order valence-corrected chi connectivity index (χ4v) is 2.55. The highest BCUT2D eigenvalue weighted by molar-refractivity contribution is 5.79. The van der Waals surface area contributed by atoms with Crippen LogP contribution in [0.1, 0.15) is 18.9 Å². The summed E-state index contributed by atoms with van der Waals surface area (Å²) in [5.74, 6) is 1.56. The van der Waals surface area contributed by atoms with Crippen molar-refractivity contribution in [2.24, 2.45) is 5.92 Å². The number of rotatable bonds is 4. The van der Waals surface area contributed by atoms with Crippen LogP contribution in [0.4, 0.5) is 0 Å². The first-order chi connectivity index (χ1) is 10.0. The molecule has 5 heteroatoms. The number of β-amino-alcohol motifs (C(OH)–C–C–N with tert-alkyl or cyclic N) is 1. The average molecular weight is 293 g/mol. The number of benzene rings is 1. The maximum absolute atomic E-state index is 12.3. The van der Waals surface area contributed by atoms with Gasteiger partial charge in [-0.1, -0.05) is 13.0 Å². The van der Waals surface area contributed by atoms with Gasteiger partial charge < -0.3 is 19.5 Å². The molecule has 1 aliphatic rings. The lowest BCUT2D eigenvalue weighted by atomic mass is 9.95. The first-order valence-corrected chi connectivity index (χ1v) is 7.22. The number of nitrogens with zero attached hydrogens (tertiary/aromatic N) is 1. The van der Waals surface area contributed by atoms with Crippen molar-refractivity contribution in [3.8, 4) is 11.5 Å². The van der Waals surface area contributed by atoms with E-state index in [-0.39, 0.29) is 11.8 Å². The minimum Gasteiger partial charge on any atom is -0.493 e. The van der Waals surface area contributed by atoms with Gasteiger partial charge in [0.25, 0.3) is 0 Å². The van der Waals surface area contributed by atoms with Gasteiger partial charge in [-0.05, 0) is 30.0 Å². The second kappa shape index (κ2) is 6.80. The number of piperidine rings is 1. The van der Waals surface area contributed by atoms with Gasteiger partial charge in [-0.15, -0.1) is 0 Å². The molecule has 2 unspecified atom stereocenters. The maximum Gasteiger partial charge on any atom is 0.227 e. The summed E-state index contributed by atoms with van der Waals surface area (Å²) in [6, 6.07) is 5.48. The Morgan fingerprint density at radius 3 is 2.67 bits per heavy atom. The molecule has 0 aromatic heterocycles. The van der Waals surface area contributed by atoms with Crippen molar-refractivity contribution in [2.45, 2.75) is 25.9 Å². The molecule has 1 aliphatic heterocycles. The number of hydrogen-bond acceptors (Lipinski definition) is 4. The van der Waals surface area contributed by atoms with Gasteiger partial charge in [0.15, 0.2) is 11.5 Å². The van der Waals surface area contributed by atoms with Gasteiger partial charge in [0.1, 0.15) is 0 Å².